The van der Waals surface area contributed by atoms with Gasteiger partial charge < -0.3 is 15.1 Å². The highest BCUT2D eigenvalue weighted by molar-refractivity contribution is 5.93. The monoisotopic (exact) mass is 293 g/mol. The average molecular weight is 293 g/mol. The Morgan fingerprint density at radius 1 is 1.43 bits per heavy atom. The molecule has 0 bridgehead atoms. The van der Waals surface area contributed by atoms with E-state index >= 15 is 0 Å². The Morgan fingerprint density at radius 3 is 2.71 bits per heavy atom. The number of hydrogen-bond donors (Lipinski definition) is 1. The molecule has 5 nitrogen and oxygen atoms in total. The van der Waals surface area contributed by atoms with E-state index in [0.717, 1.165) is 18.8 Å². The summed E-state index contributed by atoms with van der Waals surface area (Å²) in [6.07, 6.45) is 5.36. The number of nitrogens with zero attached hydrogens (tertiary/aromatic N) is 2. The van der Waals surface area contributed by atoms with Crippen LogP contribution in [0.1, 0.15) is 46.0 Å². The van der Waals surface area contributed by atoms with Gasteiger partial charge in [0.1, 0.15) is 0 Å². The van der Waals surface area contributed by atoms with Crippen molar-refractivity contribution in [1.82, 2.24) is 10.2 Å². The highest BCUT2D eigenvalue weighted by Gasteiger charge is 2.44. The van der Waals surface area contributed by atoms with Crippen molar-refractivity contribution in [3.8, 4) is 0 Å². The summed E-state index contributed by atoms with van der Waals surface area (Å²) in [4.78, 5) is 20.0. The zero-order chi connectivity index (χ0) is 14.9. The van der Waals surface area contributed by atoms with E-state index in [1.165, 1.54) is 38.8 Å². The van der Waals surface area contributed by atoms with Crippen LogP contribution in [0.25, 0.3) is 0 Å². The van der Waals surface area contributed by atoms with Crippen LogP contribution >= 0.6 is 0 Å². The standard InChI is InChI=1S/C16H27N3O2/c1-12(2)13-9-14(21-18-13)15(20)17-10-16(5-6-16)11-19-7-3-4-8-19/h12,14H,3-11H2,1-2H3,(H,17,20)/t14-/m1/s1. The molecular weight excluding hydrogens is 266 g/mol. The van der Waals surface area contributed by atoms with Crippen LogP contribution in [0.15, 0.2) is 5.16 Å². The molecule has 1 N–H and O–H groups in total. The Morgan fingerprint density at radius 2 is 2.14 bits per heavy atom. The SMILES string of the molecule is CC(C)C1=NO[C@@H](C(=O)NCC2(CN3CCCC3)CC2)C1. The largest absolute Gasteiger partial charge is 0.382 e. The fraction of sp³-hybridized carbons (Fsp3) is 0.875. The first kappa shape index (κ1) is 14.8. The number of carbonyl (C=O) groups excluding carboxylic acids is 1. The lowest BCUT2D eigenvalue weighted by Crippen LogP contribution is -2.41. The van der Waals surface area contributed by atoms with Gasteiger partial charge in [-0.15, -0.1) is 0 Å². The molecule has 0 aromatic rings. The van der Waals surface area contributed by atoms with Crippen LogP contribution in [0.3, 0.4) is 0 Å². The summed E-state index contributed by atoms with van der Waals surface area (Å²) in [7, 11) is 0. The number of likely N-dealkylation sites (tertiary alicyclic amines) is 1. The van der Waals surface area contributed by atoms with Crippen molar-refractivity contribution < 1.29 is 9.63 Å². The van der Waals surface area contributed by atoms with E-state index < -0.39 is 6.10 Å². The van der Waals surface area contributed by atoms with Crippen LogP contribution in [0.5, 0.6) is 0 Å². The minimum absolute atomic E-state index is 0.00194. The molecule has 0 radical (unpaired) electrons. The van der Waals surface area contributed by atoms with E-state index in [4.69, 9.17) is 4.84 Å². The molecule has 5 heteroatoms. The lowest BCUT2D eigenvalue weighted by atomic mass is 10.0. The van der Waals surface area contributed by atoms with Crippen LogP contribution in [-0.2, 0) is 9.63 Å². The molecule has 21 heavy (non-hydrogen) atoms. The molecule has 0 aromatic heterocycles. The molecule has 0 unspecified atom stereocenters. The van der Waals surface area contributed by atoms with Gasteiger partial charge >= 0.3 is 0 Å². The summed E-state index contributed by atoms with van der Waals surface area (Å²) in [6.45, 7) is 8.56. The Balaban J connectivity index is 1.42. The lowest BCUT2D eigenvalue weighted by Gasteiger charge is -2.23. The highest BCUT2D eigenvalue weighted by atomic mass is 16.6. The van der Waals surface area contributed by atoms with Gasteiger partial charge in [0.2, 0.25) is 6.10 Å². The molecule has 1 amide bonds. The first-order chi connectivity index (χ1) is 10.1. The van der Waals surface area contributed by atoms with Crippen molar-refractivity contribution in [2.75, 3.05) is 26.2 Å². The van der Waals surface area contributed by atoms with Gasteiger partial charge in [-0.05, 0) is 44.7 Å². The summed E-state index contributed by atoms with van der Waals surface area (Å²) in [5, 5.41) is 7.13. The van der Waals surface area contributed by atoms with Gasteiger partial charge in [-0.25, -0.2) is 0 Å². The van der Waals surface area contributed by atoms with Gasteiger partial charge in [0.25, 0.3) is 5.91 Å². The second-order valence-corrected chi connectivity index (χ2v) is 7.24. The minimum Gasteiger partial charge on any atom is -0.382 e. The molecule has 2 aliphatic heterocycles. The molecule has 1 saturated heterocycles. The number of amides is 1. The van der Waals surface area contributed by atoms with Gasteiger partial charge in [0, 0.05) is 24.9 Å². The van der Waals surface area contributed by atoms with Gasteiger partial charge in [0.15, 0.2) is 0 Å². The first-order valence-electron chi connectivity index (χ1n) is 8.31. The topological polar surface area (TPSA) is 53.9 Å². The Hall–Kier alpha value is -1.10. The van der Waals surface area contributed by atoms with Crippen molar-refractivity contribution in [2.24, 2.45) is 16.5 Å². The second kappa shape index (κ2) is 5.95. The average Bonchev–Trinajstić information content (AvgIpc) is 2.89. The van der Waals surface area contributed by atoms with Crippen molar-refractivity contribution in [1.29, 1.82) is 0 Å². The van der Waals surface area contributed by atoms with Crippen LogP contribution in [-0.4, -0.2) is 48.8 Å². The van der Waals surface area contributed by atoms with E-state index in [1.807, 2.05) is 0 Å². The number of rotatable bonds is 6. The van der Waals surface area contributed by atoms with Crippen LogP contribution in [0.4, 0.5) is 0 Å². The molecule has 0 aromatic carbocycles. The third-order valence-electron chi connectivity index (χ3n) is 5.00. The summed E-state index contributed by atoms with van der Waals surface area (Å²) in [6, 6.07) is 0. The molecule has 2 fully saturated rings. The van der Waals surface area contributed by atoms with Gasteiger partial charge in [-0.1, -0.05) is 19.0 Å². The summed E-state index contributed by atoms with van der Waals surface area (Å²) >= 11 is 0. The predicted octanol–water partition coefficient (Wildman–Crippen LogP) is 1.78. The molecule has 1 saturated carbocycles. The molecule has 0 spiro atoms. The Kier molecular flexibility index (Phi) is 4.20. The summed E-state index contributed by atoms with van der Waals surface area (Å²) in [5.41, 5.74) is 1.33. The van der Waals surface area contributed by atoms with Crippen molar-refractivity contribution in [3.05, 3.63) is 0 Å². The number of oxime groups is 1. The summed E-state index contributed by atoms with van der Waals surface area (Å²) in [5.74, 6) is 0.356. The van der Waals surface area contributed by atoms with Crippen molar-refractivity contribution >= 4 is 11.6 Å². The van der Waals surface area contributed by atoms with Crippen LogP contribution in [0.2, 0.25) is 0 Å². The third kappa shape index (κ3) is 3.57. The molecular formula is C16H27N3O2. The van der Waals surface area contributed by atoms with Gasteiger partial charge in [0.05, 0.1) is 5.71 Å². The van der Waals surface area contributed by atoms with E-state index in [1.54, 1.807) is 0 Å². The molecule has 118 valence electrons. The molecule has 3 aliphatic rings. The molecule has 1 atom stereocenters. The smallest absolute Gasteiger partial charge is 0.264 e. The van der Waals surface area contributed by atoms with E-state index in [0.29, 0.717) is 17.8 Å². The third-order valence-corrected chi connectivity index (χ3v) is 5.00. The van der Waals surface area contributed by atoms with Crippen molar-refractivity contribution in [3.63, 3.8) is 0 Å². The van der Waals surface area contributed by atoms with E-state index in [-0.39, 0.29) is 5.91 Å². The zero-order valence-corrected chi connectivity index (χ0v) is 13.2. The maximum absolute atomic E-state index is 12.2. The normalized spacial score (nSPS) is 27.6. The van der Waals surface area contributed by atoms with Crippen LogP contribution in [0, 0.1) is 11.3 Å². The lowest BCUT2D eigenvalue weighted by molar-refractivity contribution is -0.131. The first-order valence-corrected chi connectivity index (χ1v) is 8.31. The summed E-state index contributed by atoms with van der Waals surface area (Å²) < 4.78 is 0. The molecule has 2 heterocycles. The fourth-order valence-corrected chi connectivity index (χ4v) is 3.25. The van der Waals surface area contributed by atoms with Crippen LogP contribution < -0.4 is 5.32 Å². The Bertz CT molecular complexity index is 423. The number of carbonyl (C=O) groups is 1. The predicted molar refractivity (Wildman–Crippen MR) is 82.1 cm³/mol. The Labute approximate surface area is 127 Å². The van der Waals surface area contributed by atoms with Gasteiger partial charge in [-0.2, -0.15) is 0 Å². The molecule has 1 aliphatic carbocycles. The van der Waals surface area contributed by atoms with Gasteiger partial charge in [-0.3, -0.25) is 4.79 Å². The number of nitrogens with one attached hydrogen (secondary N) is 1. The quantitative estimate of drug-likeness (QED) is 0.812. The highest BCUT2D eigenvalue weighted by Crippen LogP contribution is 2.46. The zero-order valence-electron chi connectivity index (χ0n) is 13.2. The fourth-order valence-electron chi connectivity index (χ4n) is 3.25. The van der Waals surface area contributed by atoms with E-state index in [9.17, 15) is 4.79 Å². The second-order valence-electron chi connectivity index (χ2n) is 7.24. The number of hydrogen-bond acceptors (Lipinski definition) is 4. The maximum Gasteiger partial charge on any atom is 0.264 e. The van der Waals surface area contributed by atoms with Crippen molar-refractivity contribution in [2.45, 2.75) is 52.1 Å². The minimum atomic E-state index is -0.412. The maximum atomic E-state index is 12.2. The van der Waals surface area contributed by atoms with E-state index in [2.05, 4.69) is 29.2 Å². The molecule has 3 rings (SSSR count).